The molecule has 1 radical (unpaired) electrons. The Morgan fingerprint density at radius 3 is 2.69 bits per heavy atom. The molecule has 0 amide bonds. The monoisotopic (exact) mass is 219 g/mol. The molecule has 1 N–H and O–H groups in total. The van der Waals surface area contributed by atoms with Gasteiger partial charge in [-0.05, 0) is 30.7 Å². The standard InChI is InChI=1S/C12H11O4/c1-8(14)10(7-13)5-9-3-4-11(15)12(6-9)16-2/h3-6,15H,1-2H3. The van der Waals surface area contributed by atoms with Gasteiger partial charge in [0, 0.05) is 0 Å². The molecule has 4 heteroatoms. The number of allylic oxidation sites excluding steroid dienone is 1. The third kappa shape index (κ3) is 2.70. The van der Waals surface area contributed by atoms with Gasteiger partial charge in [-0.25, -0.2) is 0 Å². The number of aromatic hydroxyl groups is 1. The van der Waals surface area contributed by atoms with Crippen molar-refractivity contribution in [3.05, 3.63) is 29.3 Å². The highest BCUT2D eigenvalue weighted by Gasteiger charge is 2.05. The normalized spacial score (nSPS) is 11.0. The van der Waals surface area contributed by atoms with Crippen LogP contribution in [0, 0.1) is 0 Å². The average Bonchev–Trinajstić information content (AvgIpc) is 2.27. The number of Topliss-reactive ketones (excluding diaryl/α,β-unsaturated/α-hetero) is 1. The third-order valence-electron chi connectivity index (χ3n) is 2.00. The molecule has 0 aliphatic carbocycles. The predicted molar refractivity (Wildman–Crippen MR) is 59.0 cm³/mol. The average molecular weight is 219 g/mol. The van der Waals surface area contributed by atoms with Crippen LogP contribution in [0.3, 0.4) is 0 Å². The van der Waals surface area contributed by atoms with E-state index >= 15 is 0 Å². The lowest BCUT2D eigenvalue weighted by molar-refractivity contribution is -0.113. The summed E-state index contributed by atoms with van der Waals surface area (Å²) >= 11 is 0. The molecule has 1 rings (SSSR count). The summed E-state index contributed by atoms with van der Waals surface area (Å²) in [6.07, 6.45) is 2.95. The molecule has 0 unspecified atom stereocenters. The van der Waals surface area contributed by atoms with Crippen LogP contribution in [0.4, 0.5) is 0 Å². The zero-order chi connectivity index (χ0) is 12.1. The largest absolute Gasteiger partial charge is 0.504 e. The van der Waals surface area contributed by atoms with Crippen LogP contribution >= 0.6 is 0 Å². The number of carbonyl (C=O) groups excluding carboxylic acids is 2. The summed E-state index contributed by atoms with van der Waals surface area (Å²) in [6.45, 7) is 1.29. The first-order valence-electron chi connectivity index (χ1n) is 4.56. The molecule has 0 atom stereocenters. The van der Waals surface area contributed by atoms with Crippen molar-refractivity contribution in [3.63, 3.8) is 0 Å². The molecule has 0 aromatic heterocycles. The van der Waals surface area contributed by atoms with E-state index < -0.39 is 0 Å². The third-order valence-corrected chi connectivity index (χ3v) is 2.00. The van der Waals surface area contributed by atoms with Crippen LogP contribution < -0.4 is 4.74 Å². The molecule has 1 aromatic carbocycles. The van der Waals surface area contributed by atoms with Crippen LogP contribution in [0.5, 0.6) is 11.5 Å². The zero-order valence-corrected chi connectivity index (χ0v) is 8.98. The maximum atomic E-state index is 11.0. The SMILES string of the molecule is COc1cc(C=C([C]=O)C(C)=O)ccc1O. The second-order valence-corrected chi connectivity index (χ2v) is 3.15. The Bertz CT molecular complexity index is 446. The van der Waals surface area contributed by atoms with E-state index in [-0.39, 0.29) is 22.9 Å². The Labute approximate surface area is 93.2 Å². The Morgan fingerprint density at radius 1 is 1.50 bits per heavy atom. The van der Waals surface area contributed by atoms with Gasteiger partial charge in [0.05, 0.1) is 12.7 Å². The van der Waals surface area contributed by atoms with Gasteiger partial charge in [-0.1, -0.05) is 6.07 Å². The Kier molecular flexibility index (Phi) is 3.83. The lowest BCUT2D eigenvalue weighted by atomic mass is 10.1. The van der Waals surface area contributed by atoms with Crippen molar-refractivity contribution in [2.75, 3.05) is 7.11 Å². The summed E-state index contributed by atoms with van der Waals surface area (Å²) in [5.41, 5.74) is 0.538. The molecule has 0 aliphatic heterocycles. The molecular formula is C12H11O4. The van der Waals surface area contributed by atoms with Crippen LogP contribution in [0.15, 0.2) is 23.8 Å². The number of methoxy groups -OCH3 is 1. The van der Waals surface area contributed by atoms with E-state index in [1.54, 1.807) is 12.4 Å². The fourth-order valence-electron chi connectivity index (χ4n) is 1.15. The van der Waals surface area contributed by atoms with Gasteiger partial charge in [0.1, 0.15) is 0 Å². The fraction of sp³-hybridized carbons (Fsp3) is 0.167. The maximum Gasteiger partial charge on any atom is 0.237 e. The van der Waals surface area contributed by atoms with Gasteiger partial charge in [0.2, 0.25) is 6.29 Å². The number of benzene rings is 1. The van der Waals surface area contributed by atoms with E-state index in [2.05, 4.69) is 0 Å². The van der Waals surface area contributed by atoms with Crippen LogP contribution in [0.1, 0.15) is 12.5 Å². The van der Waals surface area contributed by atoms with Crippen molar-refractivity contribution in [1.29, 1.82) is 0 Å². The first kappa shape index (κ1) is 12.0. The highest BCUT2D eigenvalue weighted by molar-refractivity contribution is 6.14. The number of hydrogen-bond donors (Lipinski definition) is 1. The topological polar surface area (TPSA) is 63.6 Å². The van der Waals surface area contributed by atoms with Crippen molar-refractivity contribution >= 4 is 18.1 Å². The van der Waals surface area contributed by atoms with Crippen molar-refractivity contribution in [2.45, 2.75) is 6.92 Å². The molecule has 1 aromatic rings. The van der Waals surface area contributed by atoms with Crippen LogP contribution in [-0.4, -0.2) is 24.3 Å². The number of phenolic OH excluding ortho intramolecular Hbond substituents is 1. The molecule has 0 bridgehead atoms. The van der Waals surface area contributed by atoms with Crippen molar-refractivity contribution in [2.24, 2.45) is 0 Å². The van der Waals surface area contributed by atoms with E-state index in [0.717, 1.165) is 0 Å². The van der Waals surface area contributed by atoms with Crippen LogP contribution in [0.2, 0.25) is 0 Å². The number of rotatable bonds is 4. The summed E-state index contributed by atoms with van der Waals surface area (Å²) in [5.74, 6) is -0.0799. The summed E-state index contributed by atoms with van der Waals surface area (Å²) in [6, 6.07) is 4.51. The van der Waals surface area contributed by atoms with Gasteiger partial charge in [-0.2, -0.15) is 0 Å². The minimum atomic E-state index is -0.359. The van der Waals surface area contributed by atoms with Gasteiger partial charge in [-0.3, -0.25) is 9.59 Å². The Hall–Kier alpha value is -2.10. The summed E-state index contributed by atoms with van der Waals surface area (Å²) < 4.78 is 4.90. The summed E-state index contributed by atoms with van der Waals surface area (Å²) in [7, 11) is 1.42. The van der Waals surface area contributed by atoms with Gasteiger partial charge >= 0.3 is 0 Å². The van der Waals surface area contributed by atoms with Gasteiger partial charge in [0.25, 0.3) is 0 Å². The van der Waals surface area contributed by atoms with Gasteiger partial charge in [-0.15, -0.1) is 0 Å². The minimum absolute atomic E-state index is 0.000826. The van der Waals surface area contributed by atoms with Crippen LogP contribution in [0.25, 0.3) is 6.08 Å². The number of ketones is 1. The van der Waals surface area contributed by atoms with Gasteiger partial charge < -0.3 is 9.84 Å². The van der Waals surface area contributed by atoms with Gasteiger partial charge in [0.15, 0.2) is 17.3 Å². The molecule has 83 valence electrons. The summed E-state index contributed by atoms with van der Waals surface area (Å²) in [4.78, 5) is 21.5. The van der Waals surface area contributed by atoms with E-state index in [9.17, 15) is 14.7 Å². The molecule has 0 spiro atoms. The molecule has 0 heterocycles. The smallest absolute Gasteiger partial charge is 0.237 e. The lowest BCUT2D eigenvalue weighted by Crippen LogP contribution is -1.97. The second-order valence-electron chi connectivity index (χ2n) is 3.15. The molecule has 0 fully saturated rings. The molecule has 4 nitrogen and oxygen atoms in total. The molecule has 0 saturated heterocycles. The number of carbonyl (C=O) groups is 1. The molecule has 16 heavy (non-hydrogen) atoms. The van der Waals surface area contributed by atoms with E-state index in [1.165, 1.54) is 32.2 Å². The quantitative estimate of drug-likeness (QED) is 0.473. The first-order valence-corrected chi connectivity index (χ1v) is 4.56. The van der Waals surface area contributed by atoms with E-state index in [0.29, 0.717) is 5.56 Å². The minimum Gasteiger partial charge on any atom is -0.504 e. The zero-order valence-electron chi connectivity index (χ0n) is 8.98. The van der Waals surface area contributed by atoms with E-state index in [1.807, 2.05) is 0 Å². The predicted octanol–water partition coefficient (Wildman–Crippen LogP) is 1.48. The summed E-state index contributed by atoms with van der Waals surface area (Å²) in [5, 5.41) is 9.35. The molecule has 0 saturated carbocycles. The van der Waals surface area contributed by atoms with Crippen molar-refractivity contribution in [3.8, 4) is 11.5 Å². The fourth-order valence-corrected chi connectivity index (χ4v) is 1.15. The van der Waals surface area contributed by atoms with Crippen molar-refractivity contribution < 1.29 is 19.4 Å². The van der Waals surface area contributed by atoms with E-state index in [4.69, 9.17) is 4.74 Å². The Morgan fingerprint density at radius 2 is 2.19 bits per heavy atom. The van der Waals surface area contributed by atoms with Crippen molar-refractivity contribution in [1.82, 2.24) is 0 Å². The Balaban J connectivity index is 3.14. The number of ether oxygens (including phenoxy) is 1. The molecular weight excluding hydrogens is 208 g/mol. The molecule has 0 aliphatic rings. The first-order chi connectivity index (χ1) is 7.58. The lowest BCUT2D eigenvalue weighted by Gasteiger charge is -2.03. The maximum absolute atomic E-state index is 11.0. The highest BCUT2D eigenvalue weighted by Crippen LogP contribution is 2.27. The highest BCUT2D eigenvalue weighted by atomic mass is 16.5. The second kappa shape index (κ2) is 5.11. The van der Waals surface area contributed by atoms with Crippen LogP contribution in [-0.2, 0) is 9.59 Å². The number of hydrogen-bond acceptors (Lipinski definition) is 4. The number of phenols is 1.